The van der Waals surface area contributed by atoms with E-state index in [1.807, 2.05) is 25.3 Å². The second-order valence-corrected chi connectivity index (χ2v) is 7.48. The number of benzene rings is 1. The normalized spacial score (nSPS) is 12.0. The molecule has 0 amide bonds. The molecule has 22 heavy (non-hydrogen) atoms. The van der Waals surface area contributed by atoms with E-state index >= 15 is 0 Å². The SMILES string of the molecule is Cc1ccc(S(=O)(=O)NCCc2nncn2C(C)C)cc1Cl. The van der Waals surface area contributed by atoms with Gasteiger partial charge in [0.15, 0.2) is 0 Å². The van der Waals surface area contributed by atoms with Crippen LogP contribution in [0.3, 0.4) is 0 Å². The van der Waals surface area contributed by atoms with E-state index in [-0.39, 0.29) is 17.5 Å². The first-order valence-electron chi connectivity index (χ1n) is 6.95. The van der Waals surface area contributed by atoms with E-state index in [4.69, 9.17) is 11.6 Å². The fourth-order valence-electron chi connectivity index (χ4n) is 2.00. The lowest BCUT2D eigenvalue weighted by Gasteiger charge is -2.11. The zero-order valence-corrected chi connectivity index (χ0v) is 14.3. The fraction of sp³-hybridized carbons (Fsp3) is 0.429. The first-order valence-corrected chi connectivity index (χ1v) is 8.81. The van der Waals surface area contributed by atoms with Gasteiger partial charge >= 0.3 is 0 Å². The van der Waals surface area contributed by atoms with Crippen LogP contribution in [-0.4, -0.2) is 29.7 Å². The van der Waals surface area contributed by atoms with Crippen molar-refractivity contribution in [1.82, 2.24) is 19.5 Å². The largest absolute Gasteiger partial charge is 0.315 e. The van der Waals surface area contributed by atoms with Gasteiger partial charge in [-0.1, -0.05) is 17.7 Å². The number of nitrogens with one attached hydrogen (secondary N) is 1. The molecule has 0 aliphatic rings. The van der Waals surface area contributed by atoms with Gasteiger partial charge in [-0.3, -0.25) is 0 Å². The molecule has 0 aliphatic heterocycles. The summed E-state index contributed by atoms with van der Waals surface area (Å²) in [5.74, 6) is 0.750. The highest BCUT2D eigenvalue weighted by molar-refractivity contribution is 7.89. The topological polar surface area (TPSA) is 76.9 Å². The Morgan fingerprint density at radius 2 is 2.09 bits per heavy atom. The van der Waals surface area contributed by atoms with Crippen molar-refractivity contribution in [3.8, 4) is 0 Å². The second kappa shape index (κ2) is 6.76. The summed E-state index contributed by atoms with van der Waals surface area (Å²) in [6.45, 7) is 6.11. The van der Waals surface area contributed by atoms with Gasteiger partial charge in [-0.25, -0.2) is 13.1 Å². The number of nitrogens with zero attached hydrogens (tertiary/aromatic N) is 3. The summed E-state index contributed by atoms with van der Waals surface area (Å²) in [5, 5.41) is 8.30. The molecule has 0 fully saturated rings. The van der Waals surface area contributed by atoms with Gasteiger partial charge in [0.1, 0.15) is 12.2 Å². The number of aromatic nitrogens is 3. The van der Waals surface area contributed by atoms with E-state index in [1.165, 1.54) is 6.07 Å². The molecule has 6 nitrogen and oxygen atoms in total. The van der Waals surface area contributed by atoms with E-state index < -0.39 is 10.0 Å². The Balaban J connectivity index is 2.04. The van der Waals surface area contributed by atoms with Gasteiger partial charge in [0.25, 0.3) is 0 Å². The zero-order chi connectivity index (χ0) is 16.3. The van der Waals surface area contributed by atoms with Crippen LogP contribution in [0.25, 0.3) is 0 Å². The van der Waals surface area contributed by atoms with Crippen molar-refractivity contribution >= 4 is 21.6 Å². The maximum Gasteiger partial charge on any atom is 0.240 e. The Kier molecular flexibility index (Phi) is 5.20. The Bertz CT molecular complexity index is 756. The lowest BCUT2D eigenvalue weighted by atomic mass is 10.2. The first kappa shape index (κ1) is 16.9. The Morgan fingerprint density at radius 1 is 1.36 bits per heavy atom. The lowest BCUT2D eigenvalue weighted by Crippen LogP contribution is -2.27. The predicted molar refractivity (Wildman–Crippen MR) is 85.5 cm³/mol. The zero-order valence-electron chi connectivity index (χ0n) is 12.7. The average molecular weight is 343 g/mol. The molecule has 0 aliphatic carbocycles. The number of hydrogen-bond donors (Lipinski definition) is 1. The highest BCUT2D eigenvalue weighted by Gasteiger charge is 2.15. The molecule has 8 heteroatoms. The fourth-order valence-corrected chi connectivity index (χ4v) is 3.30. The standard InChI is InChI=1S/C14H19ClN4O2S/c1-10(2)19-9-16-18-14(19)6-7-17-22(20,21)12-5-4-11(3)13(15)8-12/h4-5,8-10,17H,6-7H2,1-3H3. The minimum atomic E-state index is -3.58. The molecule has 120 valence electrons. The van der Waals surface area contributed by atoms with E-state index in [9.17, 15) is 8.42 Å². The highest BCUT2D eigenvalue weighted by atomic mass is 35.5. The number of aryl methyl sites for hydroxylation is 1. The molecule has 1 aromatic carbocycles. The van der Waals surface area contributed by atoms with Gasteiger partial charge in [0, 0.05) is 24.0 Å². The minimum absolute atomic E-state index is 0.161. The summed E-state index contributed by atoms with van der Waals surface area (Å²) in [6, 6.07) is 4.92. The van der Waals surface area contributed by atoms with Crippen LogP contribution in [0.4, 0.5) is 0 Å². The first-order chi connectivity index (χ1) is 10.3. The Hall–Kier alpha value is -1.44. The molecule has 1 N–H and O–H groups in total. The predicted octanol–water partition coefficient (Wildman–Crippen LogP) is 2.34. The molecule has 0 unspecified atom stereocenters. The molecule has 0 bridgehead atoms. The minimum Gasteiger partial charge on any atom is -0.315 e. The van der Waals surface area contributed by atoms with Crippen LogP contribution < -0.4 is 4.72 Å². The smallest absolute Gasteiger partial charge is 0.240 e. The van der Waals surface area contributed by atoms with E-state index in [0.29, 0.717) is 11.4 Å². The van der Waals surface area contributed by atoms with Crippen molar-refractivity contribution < 1.29 is 8.42 Å². The third-order valence-corrected chi connectivity index (χ3v) is 5.16. The molecular weight excluding hydrogens is 324 g/mol. The maximum absolute atomic E-state index is 12.2. The van der Waals surface area contributed by atoms with Crippen molar-refractivity contribution in [2.24, 2.45) is 0 Å². The third kappa shape index (κ3) is 3.85. The van der Waals surface area contributed by atoms with Crippen molar-refractivity contribution in [1.29, 1.82) is 0 Å². The molecular formula is C14H19ClN4O2S. The van der Waals surface area contributed by atoms with Crippen LogP contribution in [0.2, 0.25) is 5.02 Å². The Labute approximate surface area is 135 Å². The van der Waals surface area contributed by atoms with Gasteiger partial charge in [-0.05, 0) is 38.5 Å². The van der Waals surface area contributed by atoms with E-state index in [1.54, 1.807) is 18.5 Å². The average Bonchev–Trinajstić information content (AvgIpc) is 2.90. The van der Waals surface area contributed by atoms with E-state index in [2.05, 4.69) is 14.9 Å². The van der Waals surface area contributed by atoms with Gasteiger partial charge < -0.3 is 4.57 Å². The molecule has 0 saturated carbocycles. The highest BCUT2D eigenvalue weighted by Crippen LogP contribution is 2.19. The van der Waals surface area contributed by atoms with Crippen molar-refractivity contribution in [3.63, 3.8) is 0 Å². The third-order valence-electron chi connectivity index (χ3n) is 3.30. The molecule has 0 saturated heterocycles. The summed E-state index contributed by atoms with van der Waals surface area (Å²) < 4.78 is 28.9. The van der Waals surface area contributed by atoms with Gasteiger partial charge in [-0.15, -0.1) is 10.2 Å². The van der Waals surface area contributed by atoms with Crippen molar-refractivity contribution in [2.45, 2.75) is 38.1 Å². The van der Waals surface area contributed by atoms with Crippen molar-refractivity contribution in [2.75, 3.05) is 6.54 Å². The summed E-state index contributed by atoms with van der Waals surface area (Å²) in [7, 11) is -3.58. The molecule has 1 heterocycles. The molecule has 2 aromatic rings. The number of rotatable bonds is 6. The summed E-state index contributed by atoms with van der Waals surface area (Å²) in [6.07, 6.45) is 2.12. The van der Waals surface area contributed by atoms with Crippen LogP contribution >= 0.6 is 11.6 Å². The molecule has 2 rings (SSSR count). The summed E-state index contributed by atoms with van der Waals surface area (Å²) in [4.78, 5) is 0.161. The van der Waals surface area contributed by atoms with Crippen LogP contribution in [0, 0.1) is 6.92 Å². The number of sulfonamides is 1. The number of halogens is 1. The Morgan fingerprint density at radius 3 is 2.73 bits per heavy atom. The van der Waals surface area contributed by atoms with Crippen molar-refractivity contribution in [3.05, 3.63) is 40.9 Å². The summed E-state index contributed by atoms with van der Waals surface area (Å²) >= 11 is 5.98. The van der Waals surface area contributed by atoms with Crippen LogP contribution in [0.1, 0.15) is 31.3 Å². The quantitative estimate of drug-likeness (QED) is 0.874. The van der Waals surface area contributed by atoms with Gasteiger partial charge in [0.05, 0.1) is 4.90 Å². The van der Waals surface area contributed by atoms with Gasteiger partial charge in [0.2, 0.25) is 10.0 Å². The molecule has 0 atom stereocenters. The maximum atomic E-state index is 12.2. The van der Waals surface area contributed by atoms with Crippen LogP contribution in [-0.2, 0) is 16.4 Å². The summed E-state index contributed by atoms with van der Waals surface area (Å²) in [5.41, 5.74) is 0.839. The van der Waals surface area contributed by atoms with Gasteiger partial charge in [-0.2, -0.15) is 0 Å². The molecule has 0 spiro atoms. The second-order valence-electron chi connectivity index (χ2n) is 5.31. The van der Waals surface area contributed by atoms with E-state index in [0.717, 1.165) is 11.4 Å². The monoisotopic (exact) mass is 342 g/mol. The van der Waals surface area contributed by atoms with Crippen LogP contribution in [0.5, 0.6) is 0 Å². The lowest BCUT2D eigenvalue weighted by molar-refractivity contribution is 0.558. The molecule has 1 aromatic heterocycles. The van der Waals surface area contributed by atoms with Crippen LogP contribution in [0.15, 0.2) is 29.4 Å². The number of hydrogen-bond acceptors (Lipinski definition) is 4. The molecule has 0 radical (unpaired) electrons.